The predicted octanol–water partition coefficient (Wildman–Crippen LogP) is 5.42. The van der Waals surface area contributed by atoms with Crippen LogP contribution in [0.15, 0.2) is 35.7 Å². The van der Waals surface area contributed by atoms with Gasteiger partial charge in [-0.05, 0) is 69.2 Å². The Labute approximate surface area is 208 Å². The molecular formula is C27H39N3O3S. The molecule has 0 bridgehead atoms. The minimum atomic E-state index is -0.366. The maximum absolute atomic E-state index is 13.6. The fourth-order valence-electron chi connectivity index (χ4n) is 4.06. The second-order valence-corrected chi connectivity index (χ2v) is 11.4. The lowest BCUT2D eigenvalue weighted by molar-refractivity contribution is -0.135. The minimum Gasteiger partial charge on any atom is -0.491 e. The Kier molecular flexibility index (Phi) is 8.63. The number of benzene rings is 1. The molecule has 186 valence electrons. The Hall–Kier alpha value is -2.54. The van der Waals surface area contributed by atoms with Gasteiger partial charge in [0.2, 0.25) is 5.91 Å². The highest BCUT2D eigenvalue weighted by Crippen LogP contribution is 2.34. The first kappa shape index (κ1) is 26.1. The Morgan fingerprint density at radius 2 is 1.94 bits per heavy atom. The van der Waals surface area contributed by atoms with Gasteiger partial charge in [0, 0.05) is 23.5 Å². The zero-order valence-corrected chi connectivity index (χ0v) is 22.2. The topological polar surface area (TPSA) is 61.9 Å². The lowest BCUT2D eigenvalue weighted by Crippen LogP contribution is -2.53. The van der Waals surface area contributed by atoms with Gasteiger partial charge in [-0.1, -0.05) is 38.0 Å². The number of urea groups is 1. The van der Waals surface area contributed by atoms with Crippen molar-refractivity contribution >= 4 is 23.3 Å². The fourth-order valence-corrected chi connectivity index (χ4v) is 4.99. The number of nitrogens with one attached hydrogen (secondary N) is 1. The van der Waals surface area contributed by atoms with Crippen LogP contribution in [0.25, 0.3) is 0 Å². The van der Waals surface area contributed by atoms with Gasteiger partial charge in [-0.25, -0.2) is 4.79 Å². The quantitative estimate of drug-likeness (QED) is 0.543. The summed E-state index contributed by atoms with van der Waals surface area (Å²) in [6.07, 6.45) is 1.78. The van der Waals surface area contributed by atoms with Crippen molar-refractivity contribution in [3.63, 3.8) is 0 Å². The van der Waals surface area contributed by atoms with Crippen LogP contribution in [0.2, 0.25) is 0 Å². The molecule has 0 unspecified atom stereocenters. The molecule has 7 heteroatoms. The number of rotatable bonds is 8. The van der Waals surface area contributed by atoms with Gasteiger partial charge in [0.1, 0.15) is 18.9 Å². The highest BCUT2D eigenvalue weighted by Gasteiger charge is 2.34. The average molecular weight is 486 g/mol. The normalized spacial score (nSPS) is 16.5. The highest BCUT2D eigenvalue weighted by atomic mass is 32.1. The van der Waals surface area contributed by atoms with Gasteiger partial charge >= 0.3 is 6.03 Å². The summed E-state index contributed by atoms with van der Waals surface area (Å²) in [7, 11) is 0. The number of amides is 3. The van der Waals surface area contributed by atoms with E-state index in [1.54, 1.807) is 16.2 Å². The molecule has 1 aromatic carbocycles. The third-order valence-corrected chi connectivity index (χ3v) is 7.16. The molecule has 0 aliphatic carbocycles. The molecule has 6 nitrogen and oxygen atoms in total. The van der Waals surface area contributed by atoms with Crippen LogP contribution in [-0.4, -0.2) is 53.5 Å². The molecule has 2 aromatic rings. The third kappa shape index (κ3) is 6.98. The Bertz CT molecular complexity index is 964. The van der Waals surface area contributed by atoms with E-state index >= 15 is 0 Å². The number of aryl methyl sites for hydroxylation is 1. The van der Waals surface area contributed by atoms with Crippen LogP contribution in [0, 0.1) is 12.8 Å². The molecule has 0 saturated carbocycles. The molecule has 1 aliphatic heterocycles. The first-order valence-corrected chi connectivity index (χ1v) is 13.1. The molecular weight excluding hydrogens is 446 g/mol. The van der Waals surface area contributed by atoms with E-state index < -0.39 is 0 Å². The van der Waals surface area contributed by atoms with Crippen LogP contribution >= 0.6 is 11.3 Å². The fraction of sp³-hybridized carbons (Fsp3) is 0.556. The molecule has 0 spiro atoms. The Balaban J connectivity index is 1.77. The molecule has 3 rings (SSSR count). The first-order chi connectivity index (χ1) is 16.1. The van der Waals surface area contributed by atoms with Crippen molar-refractivity contribution in [3.05, 3.63) is 51.7 Å². The maximum Gasteiger partial charge on any atom is 0.318 e. The van der Waals surface area contributed by atoms with E-state index in [1.165, 1.54) is 10.4 Å². The maximum atomic E-state index is 13.6. The zero-order chi connectivity index (χ0) is 24.9. The lowest BCUT2D eigenvalue weighted by atomic mass is 10.00. The summed E-state index contributed by atoms with van der Waals surface area (Å²) >= 11 is 1.73. The number of ether oxygens (including phenoxy) is 1. The standard InChI is InChI=1S/C27H39N3O3S/c1-7-19(2)16-29(26(32)28-27(4,5)6)17-25(31)30-14-12-24-22(13-15-34-24)23(30)18-33-21-10-8-20(3)9-11-21/h8-11,13,15,19,23H,7,12,14,16-18H2,1-6H3,(H,28,32)/t19-,23-/m0/s1. The molecule has 3 amide bonds. The van der Waals surface area contributed by atoms with Crippen LogP contribution in [0.4, 0.5) is 4.79 Å². The average Bonchev–Trinajstić information content (AvgIpc) is 3.25. The van der Waals surface area contributed by atoms with Gasteiger partial charge in [0.05, 0.1) is 6.04 Å². The van der Waals surface area contributed by atoms with E-state index in [2.05, 4.69) is 30.6 Å². The number of fused-ring (bicyclic) bond motifs is 1. The highest BCUT2D eigenvalue weighted by molar-refractivity contribution is 7.10. The smallest absolute Gasteiger partial charge is 0.318 e. The number of hydrogen-bond donors (Lipinski definition) is 1. The van der Waals surface area contributed by atoms with Gasteiger partial charge < -0.3 is 19.9 Å². The second kappa shape index (κ2) is 11.3. The number of hydrogen-bond acceptors (Lipinski definition) is 4. The predicted molar refractivity (Wildman–Crippen MR) is 138 cm³/mol. The van der Waals surface area contributed by atoms with Crippen LogP contribution in [0.5, 0.6) is 5.75 Å². The van der Waals surface area contributed by atoms with Gasteiger partial charge in [-0.15, -0.1) is 11.3 Å². The van der Waals surface area contributed by atoms with E-state index in [9.17, 15) is 9.59 Å². The Morgan fingerprint density at radius 1 is 1.24 bits per heavy atom. The SMILES string of the molecule is CC[C@H](C)CN(CC(=O)N1CCc2sccc2[C@@H]1COc1ccc(C)cc1)C(=O)NC(C)(C)C. The number of thiophene rings is 1. The lowest BCUT2D eigenvalue weighted by Gasteiger charge is -2.37. The van der Waals surface area contributed by atoms with Crippen molar-refractivity contribution in [1.29, 1.82) is 0 Å². The van der Waals surface area contributed by atoms with Crippen molar-refractivity contribution in [2.24, 2.45) is 5.92 Å². The van der Waals surface area contributed by atoms with E-state index in [0.717, 1.165) is 24.2 Å². The Morgan fingerprint density at radius 3 is 2.59 bits per heavy atom. The summed E-state index contributed by atoms with van der Waals surface area (Å²) in [6.45, 7) is 13.7. The van der Waals surface area contributed by atoms with E-state index in [1.807, 2.05) is 56.9 Å². The summed E-state index contributed by atoms with van der Waals surface area (Å²) < 4.78 is 6.13. The van der Waals surface area contributed by atoms with Crippen molar-refractivity contribution in [3.8, 4) is 5.75 Å². The van der Waals surface area contributed by atoms with Crippen molar-refractivity contribution in [2.75, 3.05) is 26.2 Å². The monoisotopic (exact) mass is 485 g/mol. The number of nitrogens with zero attached hydrogens (tertiary/aromatic N) is 2. The van der Waals surface area contributed by atoms with Crippen molar-refractivity contribution in [1.82, 2.24) is 15.1 Å². The van der Waals surface area contributed by atoms with Crippen LogP contribution in [-0.2, 0) is 11.2 Å². The first-order valence-electron chi connectivity index (χ1n) is 12.2. The zero-order valence-electron chi connectivity index (χ0n) is 21.4. The summed E-state index contributed by atoms with van der Waals surface area (Å²) in [5.74, 6) is 1.06. The molecule has 1 N–H and O–H groups in total. The van der Waals surface area contributed by atoms with Gasteiger partial charge in [-0.3, -0.25) is 4.79 Å². The third-order valence-electron chi connectivity index (χ3n) is 6.17. The molecule has 1 aromatic heterocycles. The molecule has 34 heavy (non-hydrogen) atoms. The van der Waals surface area contributed by atoms with E-state index in [0.29, 0.717) is 25.6 Å². The molecule has 1 aliphatic rings. The van der Waals surface area contributed by atoms with E-state index in [4.69, 9.17) is 4.74 Å². The minimum absolute atomic E-state index is 0.0401. The van der Waals surface area contributed by atoms with Gasteiger partial charge in [0.15, 0.2) is 0 Å². The van der Waals surface area contributed by atoms with E-state index in [-0.39, 0.29) is 30.1 Å². The number of carbonyl (C=O) groups excluding carboxylic acids is 2. The summed E-state index contributed by atoms with van der Waals surface area (Å²) in [5.41, 5.74) is 1.97. The number of carbonyl (C=O) groups is 2. The molecule has 2 atom stereocenters. The van der Waals surface area contributed by atoms with Crippen molar-refractivity contribution < 1.29 is 14.3 Å². The molecule has 0 fully saturated rings. The molecule has 0 radical (unpaired) electrons. The molecule has 0 saturated heterocycles. The second-order valence-electron chi connectivity index (χ2n) is 10.4. The largest absolute Gasteiger partial charge is 0.491 e. The summed E-state index contributed by atoms with van der Waals surface area (Å²) in [6, 6.07) is 9.71. The summed E-state index contributed by atoms with van der Waals surface area (Å²) in [4.78, 5) is 31.5. The van der Waals surface area contributed by atoms with Gasteiger partial charge in [-0.2, -0.15) is 0 Å². The summed E-state index contributed by atoms with van der Waals surface area (Å²) in [5, 5.41) is 5.11. The molecule has 2 heterocycles. The van der Waals surface area contributed by atoms with Crippen LogP contribution in [0.3, 0.4) is 0 Å². The van der Waals surface area contributed by atoms with Crippen molar-refractivity contribution in [2.45, 2.75) is 66.0 Å². The van der Waals surface area contributed by atoms with Crippen LogP contribution < -0.4 is 10.1 Å². The van der Waals surface area contributed by atoms with Crippen LogP contribution in [0.1, 0.15) is 63.1 Å². The van der Waals surface area contributed by atoms with Gasteiger partial charge in [0.25, 0.3) is 0 Å².